The minimum Gasteiger partial charge on any atom is -0.291 e. The summed E-state index contributed by atoms with van der Waals surface area (Å²) in [5.74, 6) is 0. The van der Waals surface area contributed by atoms with Gasteiger partial charge in [-0.3, -0.25) is 5.43 Å². The van der Waals surface area contributed by atoms with Crippen LogP contribution in [0.4, 0.5) is 11.4 Å². The van der Waals surface area contributed by atoms with Crippen molar-refractivity contribution >= 4 is 32.7 Å². The third kappa shape index (κ3) is 4.84. The Labute approximate surface area is 159 Å². The molecule has 0 radical (unpaired) electrons. The predicted octanol–water partition coefficient (Wildman–Crippen LogP) is 6.48. The SMILES string of the molecule is C[Si](C)(C)C(=PN(Nc1ccccc1)c1ccccc1)c1ccccc1. The Morgan fingerprint density at radius 3 is 1.77 bits per heavy atom. The molecule has 3 rings (SSSR count). The minimum atomic E-state index is -1.52. The topological polar surface area (TPSA) is 15.3 Å². The quantitative estimate of drug-likeness (QED) is 0.301. The normalized spacial score (nSPS) is 11.9. The average Bonchev–Trinajstić information content (AvgIpc) is 2.66. The van der Waals surface area contributed by atoms with Crippen LogP contribution in [0.3, 0.4) is 0 Å². The number of nitrogens with zero attached hydrogens (tertiary/aromatic N) is 1. The van der Waals surface area contributed by atoms with E-state index in [1.165, 1.54) is 18.8 Å². The zero-order valence-electron chi connectivity index (χ0n) is 15.6. The Hall–Kier alpha value is -2.35. The molecule has 0 saturated heterocycles. The lowest BCUT2D eigenvalue weighted by Crippen LogP contribution is -2.35. The molecular weight excluding hydrogens is 351 g/mol. The molecule has 0 amide bonds. The van der Waals surface area contributed by atoms with Crippen LogP contribution in [0.2, 0.25) is 19.6 Å². The highest BCUT2D eigenvalue weighted by atomic mass is 31.1. The van der Waals surface area contributed by atoms with Crippen LogP contribution in [0, 0.1) is 0 Å². The van der Waals surface area contributed by atoms with E-state index >= 15 is 0 Å². The molecule has 0 spiro atoms. The standard InChI is InChI=1S/C22H25N2PSi/c1-26(2,3)22(19-13-7-4-8-14-19)25-24(21-17-11-6-12-18-21)23-20-15-9-5-10-16-20/h4-18,23H,1-3H3. The van der Waals surface area contributed by atoms with Crippen molar-refractivity contribution in [3.63, 3.8) is 0 Å². The van der Waals surface area contributed by atoms with Gasteiger partial charge in [-0.25, -0.2) is 4.78 Å². The Morgan fingerprint density at radius 2 is 1.23 bits per heavy atom. The van der Waals surface area contributed by atoms with Crippen LogP contribution in [0.1, 0.15) is 5.56 Å². The highest BCUT2D eigenvalue weighted by Gasteiger charge is 2.23. The molecule has 0 aliphatic heterocycles. The van der Waals surface area contributed by atoms with Crippen LogP contribution in [0.15, 0.2) is 91.0 Å². The molecule has 4 heteroatoms. The molecule has 0 unspecified atom stereocenters. The Kier molecular flexibility index (Phi) is 5.92. The molecule has 0 atom stereocenters. The largest absolute Gasteiger partial charge is 0.291 e. The van der Waals surface area contributed by atoms with Crippen molar-refractivity contribution < 1.29 is 0 Å². The Morgan fingerprint density at radius 1 is 0.731 bits per heavy atom. The van der Waals surface area contributed by atoms with Crippen molar-refractivity contribution in [3.05, 3.63) is 96.6 Å². The van der Waals surface area contributed by atoms with E-state index < -0.39 is 8.07 Å². The Balaban J connectivity index is 2.06. The first-order valence-corrected chi connectivity index (χ1v) is 13.2. The molecule has 0 heterocycles. The molecule has 0 fully saturated rings. The van der Waals surface area contributed by atoms with E-state index in [0.29, 0.717) is 0 Å². The van der Waals surface area contributed by atoms with Gasteiger partial charge in [-0.1, -0.05) is 86.4 Å². The van der Waals surface area contributed by atoms with E-state index in [0.717, 1.165) is 11.4 Å². The number of para-hydroxylation sites is 2. The third-order valence-corrected chi connectivity index (χ3v) is 8.98. The Bertz CT molecular complexity index is 844. The molecule has 132 valence electrons. The molecule has 3 aromatic carbocycles. The van der Waals surface area contributed by atoms with Gasteiger partial charge < -0.3 is 0 Å². The van der Waals surface area contributed by atoms with Crippen molar-refractivity contribution in [1.29, 1.82) is 0 Å². The van der Waals surface area contributed by atoms with Crippen molar-refractivity contribution in [3.8, 4) is 0 Å². The molecule has 0 aliphatic rings. The summed E-state index contributed by atoms with van der Waals surface area (Å²) in [5, 5.41) is 0. The number of anilines is 2. The van der Waals surface area contributed by atoms with Crippen molar-refractivity contribution in [2.45, 2.75) is 19.6 Å². The summed E-state index contributed by atoms with van der Waals surface area (Å²) in [5.41, 5.74) is 7.17. The maximum atomic E-state index is 3.59. The van der Waals surface area contributed by atoms with Crippen molar-refractivity contribution in [2.24, 2.45) is 0 Å². The van der Waals surface area contributed by atoms with E-state index in [-0.39, 0.29) is 0 Å². The highest BCUT2D eigenvalue weighted by Crippen LogP contribution is 2.28. The fourth-order valence-electron chi connectivity index (χ4n) is 2.69. The molecule has 1 N–H and O–H groups in total. The van der Waals surface area contributed by atoms with Gasteiger partial charge in [-0.2, -0.15) is 0 Å². The van der Waals surface area contributed by atoms with Crippen LogP contribution in [-0.2, 0) is 0 Å². The first-order valence-electron chi connectivity index (χ1n) is 8.85. The lowest BCUT2D eigenvalue weighted by atomic mass is 10.2. The molecule has 2 nitrogen and oxygen atoms in total. The number of nitrogens with one attached hydrogen (secondary N) is 1. The van der Waals surface area contributed by atoms with Crippen LogP contribution in [0.25, 0.3) is 0 Å². The summed E-state index contributed by atoms with van der Waals surface area (Å²) in [4.78, 5) is 1.50. The second-order valence-corrected chi connectivity index (χ2v) is 13.7. The van der Waals surface area contributed by atoms with Crippen LogP contribution < -0.4 is 10.2 Å². The summed E-state index contributed by atoms with van der Waals surface area (Å²) in [6.07, 6.45) is 0. The van der Waals surface area contributed by atoms with Gasteiger partial charge in [0, 0.05) is 8.35 Å². The number of rotatable bonds is 6. The summed E-state index contributed by atoms with van der Waals surface area (Å²) in [7, 11) is -0.345. The van der Waals surface area contributed by atoms with E-state index in [1.807, 2.05) is 6.07 Å². The summed E-state index contributed by atoms with van der Waals surface area (Å²) in [6, 6.07) is 31.7. The first-order chi connectivity index (χ1) is 12.5. The zero-order valence-corrected chi connectivity index (χ0v) is 17.4. The van der Waals surface area contributed by atoms with Gasteiger partial charge >= 0.3 is 0 Å². The summed E-state index contributed by atoms with van der Waals surface area (Å²) in [6.45, 7) is 7.23. The second-order valence-electron chi connectivity index (χ2n) is 7.19. The number of benzene rings is 3. The molecular formula is C22H25N2PSi. The predicted molar refractivity (Wildman–Crippen MR) is 120 cm³/mol. The van der Waals surface area contributed by atoms with Gasteiger partial charge in [0.1, 0.15) is 0 Å². The van der Waals surface area contributed by atoms with E-state index in [1.54, 1.807) is 0 Å². The molecule has 0 saturated carbocycles. The summed E-state index contributed by atoms with van der Waals surface area (Å²) < 4.78 is 2.23. The van der Waals surface area contributed by atoms with E-state index in [9.17, 15) is 0 Å². The maximum Gasteiger partial charge on any atom is 0.0862 e. The second kappa shape index (κ2) is 8.35. The molecule has 3 aromatic rings. The van der Waals surface area contributed by atoms with Crippen LogP contribution in [-0.4, -0.2) is 13.0 Å². The highest BCUT2D eigenvalue weighted by molar-refractivity contribution is 7.53. The number of hydrogen-bond donors (Lipinski definition) is 1. The van der Waals surface area contributed by atoms with Gasteiger partial charge in [-0.05, 0) is 34.7 Å². The molecule has 0 aromatic heterocycles. The van der Waals surface area contributed by atoms with Crippen molar-refractivity contribution in [1.82, 2.24) is 0 Å². The van der Waals surface area contributed by atoms with Crippen LogP contribution >= 0.6 is 8.35 Å². The smallest absolute Gasteiger partial charge is 0.0862 e. The van der Waals surface area contributed by atoms with Gasteiger partial charge in [0.25, 0.3) is 0 Å². The molecule has 26 heavy (non-hydrogen) atoms. The lowest BCUT2D eigenvalue weighted by molar-refractivity contribution is 1.29. The lowest BCUT2D eigenvalue weighted by Gasteiger charge is -2.27. The summed E-state index contributed by atoms with van der Waals surface area (Å²) >= 11 is 0. The molecule has 0 aliphatic carbocycles. The van der Waals surface area contributed by atoms with Gasteiger partial charge in [0.15, 0.2) is 0 Å². The van der Waals surface area contributed by atoms with E-state index in [2.05, 4.69) is 115 Å². The molecule has 0 bridgehead atoms. The number of hydrogen-bond acceptors (Lipinski definition) is 2. The first kappa shape index (κ1) is 18.4. The third-order valence-electron chi connectivity index (χ3n) is 3.97. The van der Waals surface area contributed by atoms with Gasteiger partial charge in [0.2, 0.25) is 0 Å². The van der Waals surface area contributed by atoms with Crippen molar-refractivity contribution in [2.75, 3.05) is 10.2 Å². The maximum absolute atomic E-state index is 3.59. The number of hydrazine groups is 1. The van der Waals surface area contributed by atoms with Gasteiger partial charge in [-0.15, -0.1) is 0 Å². The van der Waals surface area contributed by atoms with Crippen LogP contribution in [0.5, 0.6) is 0 Å². The zero-order chi connectivity index (χ0) is 18.4. The van der Waals surface area contributed by atoms with E-state index in [4.69, 9.17) is 0 Å². The monoisotopic (exact) mass is 376 g/mol. The van der Waals surface area contributed by atoms with Gasteiger partial charge in [0.05, 0.1) is 19.4 Å². The fourth-order valence-corrected chi connectivity index (χ4v) is 6.10. The minimum absolute atomic E-state index is 1.09. The average molecular weight is 377 g/mol. The fraction of sp³-hybridized carbons (Fsp3) is 0.136.